The van der Waals surface area contributed by atoms with Crippen molar-refractivity contribution in [1.29, 1.82) is 5.26 Å². The molecule has 0 unspecified atom stereocenters. The Morgan fingerprint density at radius 2 is 2.39 bits per heavy atom. The Bertz CT molecular complexity index is 438. The summed E-state index contributed by atoms with van der Waals surface area (Å²) < 4.78 is 1.88. The maximum absolute atomic E-state index is 11.4. The summed E-state index contributed by atoms with van der Waals surface area (Å²) in [6.45, 7) is 3.36. The number of nitriles is 1. The van der Waals surface area contributed by atoms with Gasteiger partial charge in [0.25, 0.3) is 0 Å². The summed E-state index contributed by atoms with van der Waals surface area (Å²) >= 11 is 1.31. The first-order valence-electron chi connectivity index (χ1n) is 5.55. The van der Waals surface area contributed by atoms with E-state index in [1.807, 2.05) is 17.6 Å². The highest BCUT2D eigenvalue weighted by Gasteiger charge is 2.10. The van der Waals surface area contributed by atoms with Crippen molar-refractivity contribution in [3.8, 4) is 6.07 Å². The van der Waals surface area contributed by atoms with Gasteiger partial charge >= 0.3 is 0 Å². The quantitative estimate of drug-likeness (QED) is 0.517. The number of nitrogens with one attached hydrogen (secondary N) is 1. The highest BCUT2D eigenvalue weighted by atomic mass is 32.2. The lowest BCUT2D eigenvalue weighted by Gasteiger charge is -2.06. The minimum Gasteiger partial charge on any atom is -0.354 e. The summed E-state index contributed by atoms with van der Waals surface area (Å²) in [5.41, 5.74) is 5.50. The van der Waals surface area contributed by atoms with Crippen molar-refractivity contribution in [3.63, 3.8) is 0 Å². The lowest BCUT2D eigenvalue weighted by Crippen LogP contribution is -2.26. The maximum Gasteiger partial charge on any atom is 0.230 e. The van der Waals surface area contributed by atoms with Gasteiger partial charge in [0.15, 0.2) is 5.16 Å². The van der Waals surface area contributed by atoms with Crippen LogP contribution in [0.2, 0.25) is 0 Å². The smallest absolute Gasteiger partial charge is 0.230 e. The van der Waals surface area contributed by atoms with E-state index in [2.05, 4.69) is 15.5 Å². The SMILES string of the molecule is Cc1nnc(SCC(=O)NCCC#N)n1CCN. The Kier molecular flexibility index (Phi) is 6.18. The molecule has 0 bridgehead atoms. The number of thioether (sulfide) groups is 1. The summed E-state index contributed by atoms with van der Waals surface area (Å²) in [7, 11) is 0. The Balaban J connectivity index is 2.43. The molecule has 0 aromatic carbocycles. The molecule has 0 radical (unpaired) electrons. The second-order valence-electron chi connectivity index (χ2n) is 3.52. The molecule has 1 aromatic rings. The number of amides is 1. The molecule has 1 amide bonds. The van der Waals surface area contributed by atoms with E-state index in [9.17, 15) is 4.79 Å². The minimum atomic E-state index is -0.116. The highest BCUT2D eigenvalue weighted by molar-refractivity contribution is 7.99. The topological polar surface area (TPSA) is 110 Å². The number of aromatic nitrogens is 3. The van der Waals surface area contributed by atoms with Gasteiger partial charge in [-0.1, -0.05) is 11.8 Å². The fraction of sp³-hybridized carbons (Fsp3) is 0.600. The predicted octanol–water partition coefficient (Wildman–Crippen LogP) is -0.333. The van der Waals surface area contributed by atoms with Crippen LogP contribution in [0.5, 0.6) is 0 Å². The molecule has 18 heavy (non-hydrogen) atoms. The van der Waals surface area contributed by atoms with Crippen molar-refractivity contribution in [2.24, 2.45) is 5.73 Å². The highest BCUT2D eigenvalue weighted by Crippen LogP contribution is 2.15. The van der Waals surface area contributed by atoms with E-state index < -0.39 is 0 Å². The van der Waals surface area contributed by atoms with Crippen molar-refractivity contribution >= 4 is 17.7 Å². The van der Waals surface area contributed by atoms with Gasteiger partial charge in [0, 0.05) is 19.6 Å². The zero-order valence-corrected chi connectivity index (χ0v) is 11.0. The van der Waals surface area contributed by atoms with Crippen molar-refractivity contribution < 1.29 is 4.79 Å². The average Bonchev–Trinajstić information content (AvgIpc) is 2.69. The molecule has 3 N–H and O–H groups in total. The first-order chi connectivity index (χ1) is 8.69. The lowest BCUT2D eigenvalue weighted by molar-refractivity contribution is -0.118. The number of nitrogens with zero attached hydrogens (tertiary/aromatic N) is 4. The Morgan fingerprint density at radius 1 is 1.61 bits per heavy atom. The van der Waals surface area contributed by atoms with Crippen molar-refractivity contribution in [2.75, 3.05) is 18.8 Å². The van der Waals surface area contributed by atoms with Gasteiger partial charge in [-0.2, -0.15) is 5.26 Å². The summed E-state index contributed by atoms with van der Waals surface area (Å²) in [5, 5.41) is 19.6. The van der Waals surface area contributed by atoms with Crippen LogP contribution in [-0.2, 0) is 11.3 Å². The van der Waals surface area contributed by atoms with Crippen LogP contribution in [-0.4, -0.2) is 39.5 Å². The molecule has 7 nitrogen and oxygen atoms in total. The van der Waals surface area contributed by atoms with Crippen LogP contribution < -0.4 is 11.1 Å². The van der Waals surface area contributed by atoms with Gasteiger partial charge in [-0.05, 0) is 6.92 Å². The third-order valence-corrected chi connectivity index (χ3v) is 3.11. The summed E-state index contributed by atoms with van der Waals surface area (Å²) in [6.07, 6.45) is 0.318. The van der Waals surface area contributed by atoms with Crippen LogP contribution in [0.1, 0.15) is 12.2 Å². The number of aryl methyl sites for hydroxylation is 1. The third-order valence-electron chi connectivity index (χ3n) is 2.15. The van der Waals surface area contributed by atoms with Crippen molar-refractivity contribution in [2.45, 2.75) is 25.0 Å². The van der Waals surface area contributed by atoms with Gasteiger partial charge < -0.3 is 15.6 Å². The Morgan fingerprint density at radius 3 is 3.06 bits per heavy atom. The number of nitrogens with two attached hydrogens (primary N) is 1. The molecule has 0 spiro atoms. The third kappa shape index (κ3) is 4.35. The number of carbonyl (C=O) groups is 1. The van der Waals surface area contributed by atoms with Crippen LogP contribution in [0, 0.1) is 18.3 Å². The lowest BCUT2D eigenvalue weighted by atomic mass is 10.4. The van der Waals surface area contributed by atoms with Crippen LogP contribution in [0.3, 0.4) is 0 Å². The number of rotatable bonds is 7. The first-order valence-corrected chi connectivity index (χ1v) is 6.54. The number of hydrogen-bond acceptors (Lipinski definition) is 6. The molecule has 0 aliphatic heterocycles. The molecule has 1 rings (SSSR count). The van der Waals surface area contributed by atoms with E-state index in [1.54, 1.807) is 0 Å². The fourth-order valence-corrected chi connectivity index (χ4v) is 2.13. The molecule has 98 valence electrons. The zero-order valence-electron chi connectivity index (χ0n) is 10.2. The van der Waals surface area contributed by atoms with Crippen LogP contribution in [0.15, 0.2) is 5.16 Å². The maximum atomic E-state index is 11.4. The van der Waals surface area contributed by atoms with Gasteiger partial charge in [0.2, 0.25) is 5.91 Å². The van der Waals surface area contributed by atoms with Gasteiger partial charge in [-0.25, -0.2) is 0 Å². The molecule has 0 saturated heterocycles. The van der Waals surface area contributed by atoms with E-state index in [0.717, 1.165) is 5.82 Å². The molecule has 1 heterocycles. The standard InChI is InChI=1S/C10H16N6OS/c1-8-14-15-10(16(8)6-4-12)18-7-9(17)13-5-2-3-11/h2,4-7,12H2,1H3,(H,13,17). The molecule has 0 atom stereocenters. The van der Waals surface area contributed by atoms with E-state index in [0.29, 0.717) is 31.2 Å². The summed E-state index contributed by atoms with van der Waals surface area (Å²) in [4.78, 5) is 11.4. The number of carbonyl (C=O) groups excluding carboxylic acids is 1. The van der Waals surface area contributed by atoms with E-state index in [1.165, 1.54) is 11.8 Å². The molecular formula is C10H16N6OS. The first kappa shape index (κ1) is 14.5. The van der Waals surface area contributed by atoms with Crippen molar-refractivity contribution in [1.82, 2.24) is 20.1 Å². The molecule has 8 heteroatoms. The monoisotopic (exact) mass is 268 g/mol. The van der Waals surface area contributed by atoms with Gasteiger partial charge in [0.1, 0.15) is 5.82 Å². The average molecular weight is 268 g/mol. The van der Waals surface area contributed by atoms with Crippen LogP contribution in [0.4, 0.5) is 0 Å². The summed E-state index contributed by atoms with van der Waals surface area (Å²) in [6, 6.07) is 1.96. The Labute approximate surface area is 110 Å². The largest absolute Gasteiger partial charge is 0.354 e. The molecule has 0 aliphatic carbocycles. The predicted molar refractivity (Wildman–Crippen MR) is 67.8 cm³/mol. The fourth-order valence-electron chi connectivity index (χ4n) is 1.29. The zero-order chi connectivity index (χ0) is 13.4. The molecule has 0 saturated carbocycles. The molecule has 0 aliphatic rings. The van der Waals surface area contributed by atoms with Crippen molar-refractivity contribution in [3.05, 3.63) is 5.82 Å². The Hall–Kier alpha value is -1.59. The summed E-state index contributed by atoms with van der Waals surface area (Å²) in [5.74, 6) is 0.928. The normalized spacial score (nSPS) is 10.1. The van der Waals surface area contributed by atoms with E-state index in [4.69, 9.17) is 11.0 Å². The van der Waals surface area contributed by atoms with Crippen LogP contribution >= 0.6 is 11.8 Å². The van der Waals surface area contributed by atoms with Gasteiger partial charge in [-0.3, -0.25) is 4.79 Å². The second-order valence-corrected chi connectivity index (χ2v) is 4.46. The number of hydrogen-bond donors (Lipinski definition) is 2. The van der Waals surface area contributed by atoms with Gasteiger partial charge in [-0.15, -0.1) is 10.2 Å². The van der Waals surface area contributed by atoms with Crippen LogP contribution in [0.25, 0.3) is 0 Å². The minimum absolute atomic E-state index is 0.116. The second kappa shape index (κ2) is 7.68. The van der Waals surface area contributed by atoms with Gasteiger partial charge in [0.05, 0.1) is 18.2 Å². The van der Waals surface area contributed by atoms with E-state index >= 15 is 0 Å². The molecule has 0 fully saturated rings. The molecule has 1 aromatic heterocycles. The molecular weight excluding hydrogens is 252 g/mol. The van der Waals surface area contributed by atoms with E-state index in [-0.39, 0.29) is 11.7 Å².